The molecule has 0 nitrogen and oxygen atoms in total. The molecule has 0 amide bonds. The van der Waals surface area contributed by atoms with Crippen molar-refractivity contribution in [2.45, 2.75) is 132 Å². The average molecular weight is 868 g/mol. The van der Waals surface area contributed by atoms with Gasteiger partial charge in [-0.15, -0.1) is 0 Å². The molecular weight excluding hydrogens is 807 g/mol. The van der Waals surface area contributed by atoms with E-state index < -0.39 is 28.0 Å². The molecule has 0 radical (unpaired) electrons. The van der Waals surface area contributed by atoms with Gasteiger partial charge in [-0.25, -0.2) is 0 Å². The van der Waals surface area contributed by atoms with Gasteiger partial charge in [0.05, 0.1) is 0 Å². The number of hydrogen-bond acceptors (Lipinski definition) is 0. The van der Waals surface area contributed by atoms with Gasteiger partial charge in [0, 0.05) is 0 Å². The van der Waals surface area contributed by atoms with Gasteiger partial charge in [-0.05, 0) is 0 Å². The van der Waals surface area contributed by atoms with Gasteiger partial charge in [-0.1, -0.05) is 0 Å². The second-order valence-corrected chi connectivity index (χ2v) is 41.8. The minimum atomic E-state index is -3.18. The standard InChI is InChI=1S/C48H54Si.2CH3.Hf/c1-47(2,3)37-25-21-33(22-26-37)43-19-11-13-35-29-41(31-45(35)43)49(39-15-7-8-16-39,40-17-9-10-18-40)42-30-36-14-12-20-44(46(36)32-42)34-23-27-38(28-24-34)48(4,5)6;;;/h11-14,19-32,39-40H,7-10,15-18H2,1-6H3;2*1H3;. The van der Waals surface area contributed by atoms with Crippen molar-refractivity contribution >= 4 is 20.2 Å². The predicted octanol–water partition coefficient (Wildman–Crippen LogP) is 14.9. The Labute approximate surface area is 320 Å². The van der Waals surface area contributed by atoms with Crippen LogP contribution in [-0.2, 0) is 30.8 Å². The topological polar surface area (TPSA) is 0 Å². The first kappa shape index (κ1) is 35.2. The van der Waals surface area contributed by atoms with Gasteiger partial charge in [0.15, 0.2) is 0 Å². The Bertz CT molecular complexity index is 1930. The zero-order chi connectivity index (χ0) is 36.2. The molecule has 2 atom stereocenters. The third-order valence-electron chi connectivity index (χ3n) is 14.7. The molecule has 2 unspecified atom stereocenters. The molecule has 0 spiro atoms. The molecular formula is C50H60HfSi. The molecule has 9 rings (SSSR count). The Hall–Kier alpha value is -2.55. The van der Waals surface area contributed by atoms with Crippen LogP contribution in [0.5, 0.6) is 0 Å². The fraction of sp³-hybridized carbons (Fsp3) is 0.440. The van der Waals surface area contributed by atoms with E-state index in [1.807, 2.05) is 10.4 Å². The van der Waals surface area contributed by atoms with Crippen LogP contribution in [0.3, 0.4) is 0 Å². The maximum atomic E-state index is 2.91. The van der Waals surface area contributed by atoms with Crippen LogP contribution in [0.2, 0.25) is 20.4 Å². The molecule has 1 saturated heterocycles. The van der Waals surface area contributed by atoms with Gasteiger partial charge in [0.2, 0.25) is 0 Å². The molecule has 1 heterocycles. The maximum absolute atomic E-state index is 3.18. The van der Waals surface area contributed by atoms with Gasteiger partial charge >= 0.3 is 323 Å². The van der Waals surface area contributed by atoms with Gasteiger partial charge in [-0.3, -0.25) is 0 Å². The monoisotopic (exact) mass is 868 g/mol. The predicted molar refractivity (Wildman–Crippen MR) is 225 cm³/mol. The van der Waals surface area contributed by atoms with E-state index in [0.29, 0.717) is 7.35 Å². The van der Waals surface area contributed by atoms with Crippen LogP contribution in [0, 0.1) is 0 Å². The van der Waals surface area contributed by atoms with Crippen molar-refractivity contribution in [3.8, 4) is 22.3 Å². The Morgan fingerprint density at radius 3 is 1.21 bits per heavy atom. The van der Waals surface area contributed by atoms with Gasteiger partial charge in [0.1, 0.15) is 0 Å². The summed E-state index contributed by atoms with van der Waals surface area (Å²) in [7, 11) is -2.10. The van der Waals surface area contributed by atoms with E-state index >= 15 is 0 Å². The molecule has 2 heteroatoms. The van der Waals surface area contributed by atoms with E-state index in [-0.39, 0.29) is 10.8 Å². The van der Waals surface area contributed by atoms with E-state index in [2.05, 4.69) is 148 Å². The molecule has 5 aliphatic rings. The van der Waals surface area contributed by atoms with Crippen LogP contribution in [-0.4, -0.2) is 8.07 Å². The minimum absolute atomic E-state index is 0.165. The molecule has 4 aromatic rings. The van der Waals surface area contributed by atoms with Gasteiger partial charge < -0.3 is 0 Å². The van der Waals surface area contributed by atoms with Crippen LogP contribution in [0.1, 0.15) is 134 Å². The summed E-state index contributed by atoms with van der Waals surface area (Å²) in [6.45, 7) is 14.0. The Kier molecular flexibility index (Phi) is 8.45. The summed E-state index contributed by atoms with van der Waals surface area (Å²) in [5.74, 6) is 0. The quantitative estimate of drug-likeness (QED) is 0.179. The zero-order valence-corrected chi connectivity index (χ0v) is 37.8. The molecule has 4 aromatic carbocycles. The third-order valence-corrected chi connectivity index (χ3v) is 38.4. The number of benzene rings is 4. The van der Waals surface area contributed by atoms with E-state index in [1.54, 1.807) is 22.3 Å². The van der Waals surface area contributed by atoms with Crippen molar-refractivity contribution < 1.29 is 20.0 Å². The first-order valence-corrected chi connectivity index (χ1v) is 34.2. The van der Waals surface area contributed by atoms with Crippen LogP contribution in [0.15, 0.2) is 95.3 Å². The molecule has 2 saturated carbocycles. The Morgan fingerprint density at radius 2 is 0.865 bits per heavy atom. The summed E-state index contributed by atoms with van der Waals surface area (Å²) in [6.07, 6.45) is 17.4. The molecule has 268 valence electrons. The molecule has 3 fully saturated rings. The number of fused-ring (bicyclic) bond motifs is 6. The van der Waals surface area contributed by atoms with E-state index in [4.69, 9.17) is 0 Å². The summed E-state index contributed by atoms with van der Waals surface area (Å²) in [5, 5.41) is 4.05. The molecule has 4 aliphatic carbocycles. The normalized spacial score (nSPS) is 23.5. The fourth-order valence-corrected chi connectivity index (χ4v) is 46.2. The Balaban J connectivity index is 1.27. The SMILES string of the molecule is CC(C)(C)c1ccc(-c2cccc3c2C=C2[CH]3[Hf]([CH3])([CH3])[CH]3C(=Cc4c(-c5ccc(C(C)(C)C)cc5)cccc43)[Si]2(C2CCCC2)C2CCCC2)cc1. The van der Waals surface area contributed by atoms with Gasteiger partial charge in [-0.2, -0.15) is 0 Å². The number of hydrogen-bond donors (Lipinski definition) is 0. The van der Waals surface area contributed by atoms with Crippen LogP contribution in [0.4, 0.5) is 0 Å². The number of allylic oxidation sites excluding steroid dienone is 2. The Morgan fingerprint density at radius 1 is 0.500 bits per heavy atom. The van der Waals surface area contributed by atoms with Crippen LogP contribution >= 0.6 is 0 Å². The van der Waals surface area contributed by atoms with E-state index in [1.165, 1.54) is 84.7 Å². The van der Waals surface area contributed by atoms with Crippen molar-refractivity contribution in [2.75, 3.05) is 0 Å². The second kappa shape index (κ2) is 12.5. The third kappa shape index (κ3) is 5.26. The summed E-state index contributed by atoms with van der Waals surface area (Å²) >= 11 is -3.18. The number of rotatable bonds is 4. The van der Waals surface area contributed by atoms with Crippen LogP contribution < -0.4 is 0 Å². The van der Waals surface area contributed by atoms with Crippen molar-refractivity contribution in [2.24, 2.45) is 0 Å². The summed E-state index contributed by atoms with van der Waals surface area (Å²) in [5.41, 5.74) is 17.4. The van der Waals surface area contributed by atoms with Crippen molar-refractivity contribution in [3.05, 3.63) is 129 Å². The van der Waals surface area contributed by atoms with Gasteiger partial charge in [0.25, 0.3) is 0 Å². The van der Waals surface area contributed by atoms with Crippen molar-refractivity contribution in [1.29, 1.82) is 0 Å². The first-order valence-electron chi connectivity index (χ1n) is 20.7. The molecule has 52 heavy (non-hydrogen) atoms. The molecule has 1 aliphatic heterocycles. The van der Waals surface area contributed by atoms with E-state index in [0.717, 1.165) is 11.1 Å². The summed E-state index contributed by atoms with van der Waals surface area (Å²) in [6, 6.07) is 34.2. The second-order valence-electron chi connectivity index (χ2n) is 20.0. The first-order chi connectivity index (χ1) is 24.8. The van der Waals surface area contributed by atoms with Crippen molar-refractivity contribution in [1.82, 2.24) is 0 Å². The molecule has 0 N–H and O–H groups in total. The van der Waals surface area contributed by atoms with Crippen LogP contribution in [0.25, 0.3) is 34.4 Å². The molecule has 0 bridgehead atoms. The summed E-state index contributed by atoms with van der Waals surface area (Å²) in [4.78, 5) is 0. The van der Waals surface area contributed by atoms with E-state index in [9.17, 15) is 0 Å². The summed E-state index contributed by atoms with van der Waals surface area (Å²) < 4.78 is 7.16. The fourth-order valence-electron chi connectivity index (χ4n) is 12.3. The van der Waals surface area contributed by atoms with Crippen molar-refractivity contribution in [3.63, 3.8) is 0 Å². The average Bonchev–Trinajstić information content (AvgIpc) is 3.94. The zero-order valence-electron chi connectivity index (χ0n) is 33.2. The molecule has 0 aromatic heterocycles.